The van der Waals surface area contributed by atoms with Gasteiger partial charge in [0.2, 0.25) is 5.91 Å². The molecule has 0 aliphatic carbocycles. The number of anilines is 1. The topological polar surface area (TPSA) is 90.7 Å². The Morgan fingerprint density at radius 3 is 2.76 bits per heavy atom. The maximum Gasteiger partial charge on any atom is 0.348 e. The summed E-state index contributed by atoms with van der Waals surface area (Å²) in [6, 6.07) is 7.41. The van der Waals surface area contributed by atoms with E-state index in [4.69, 9.17) is 15.2 Å². The van der Waals surface area contributed by atoms with Crippen molar-refractivity contribution >= 4 is 39.0 Å². The summed E-state index contributed by atoms with van der Waals surface area (Å²) < 4.78 is 11.4. The zero-order valence-electron chi connectivity index (χ0n) is 14.2. The third kappa shape index (κ3) is 3.68. The molecular formula is C18H22N2O4S. The Labute approximate surface area is 150 Å². The van der Waals surface area contributed by atoms with Crippen molar-refractivity contribution in [3.63, 3.8) is 0 Å². The van der Waals surface area contributed by atoms with E-state index in [9.17, 15) is 9.59 Å². The van der Waals surface area contributed by atoms with Crippen molar-refractivity contribution in [1.29, 1.82) is 0 Å². The maximum absolute atomic E-state index is 12.7. The van der Waals surface area contributed by atoms with Crippen molar-refractivity contribution in [2.45, 2.75) is 19.8 Å². The SMILES string of the molecule is CCOC(=O)c1cc2cc(NC(=O)C3(CN)CCOCC3)ccc2s1. The minimum atomic E-state index is -0.571. The fourth-order valence-corrected chi connectivity index (χ4v) is 3.91. The van der Waals surface area contributed by atoms with Crippen molar-refractivity contribution in [3.8, 4) is 0 Å². The largest absolute Gasteiger partial charge is 0.462 e. The van der Waals surface area contributed by atoms with Crippen LogP contribution in [-0.2, 0) is 14.3 Å². The number of rotatable bonds is 5. The van der Waals surface area contributed by atoms with Crippen LogP contribution in [0.2, 0.25) is 0 Å². The fourth-order valence-electron chi connectivity index (χ4n) is 2.97. The van der Waals surface area contributed by atoms with Gasteiger partial charge in [0.25, 0.3) is 0 Å². The van der Waals surface area contributed by atoms with Gasteiger partial charge < -0.3 is 20.5 Å². The molecule has 0 spiro atoms. The number of carbonyl (C=O) groups is 2. The van der Waals surface area contributed by atoms with Gasteiger partial charge in [-0.3, -0.25) is 4.79 Å². The number of amides is 1. The average Bonchev–Trinajstić information content (AvgIpc) is 3.06. The highest BCUT2D eigenvalue weighted by atomic mass is 32.1. The van der Waals surface area contributed by atoms with Crippen molar-refractivity contribution < 1.29 is 19.1 Å². The second-order valence-electron chi connectivity index (χ2n) is 6.13. The number of thiophene rings is 1. The van der Waals surface area contributed by atoms with Crippen molar-refractivity contribution in [3.05, 3.63) is 29.1 Å². The van der Waals surface area contributed by atoms with Crippen LogP contribution < -0.4 is 11.1 Å². The van der Waals surface area contributed by atoms with E-state index in [0.717, 1.165) is 10.1 Å². The third-order valence-electron chi connectivity index (χ3n) is 4.57. The highest BCUT2D eigenvalue weighted by molar-refractivity contribution is 7.20. The Morgan fingerprint density at radius 1 is 1.32 bits per heavy atom. The lowest BCUT2D eigenvalue weighted by molar-refractivity contribution is -0.130. The van der Waals surface area contributed by atoms with Crippen LogP contribution in [0.1, 0.15) is 29.4 Å². The Morgan fingerprint density at radius 2 is 2.08 bits per heavy atom. The molecule has 0 saturated carbocycles. The van der Waals surface area contributed by atoms with Gasteiger partial charge in [-0.25, -0.2) is 4.79 Å². The van der Waals surface area contributed by atoms with Crippen LogP contribution in [0.4, 0.5) is 5.69 Å². The summed E-state index contributed by atoms with van der Waals surface area (Å²) in [6.45, 7) is 3.53. The summed E-state index contributed by atoms with van der Waals surface area (Å²) in [6.07, 6.45) is 1.26. The number of hydrogen-bond acceptors (Lipinski definition) is 6. The summed E-state index contributed by atoms with van der Waals surface area (Å²) >= 11 is 1.38. The molecule has 2 heterocycles. The molecule has 0 bridgehead atoms. The maximum atomic E-state index is 12.7. The summed E-state index contributed by atoms with van der Waals surface area (Å²) in [5.41, 5.74) is 6.01. The zero-order chi connectivity index (χ0) is 17.9. The number of ether oxygens (including phenoxy) is 2. The van der Waals surface area contributed by atoms with Gasteiger partial charge in [-0.1, -0.05) is 0 Å². The lowest BCUT2D eigenvalue weighted by Gasteiger charge is -2.34. The minimum absolute atomic E-state index is 0.0708. The molecule has 134 valence electrons. The average molecular weight is 362 g/mol. The van der Waals surface area contributed by atoms with Gasteiger partial charge in [0.15, 0.2) is 0 Å². The molecule has 7 heteroatoms. The number of hydrogen-bond donors (Lipinski definition) is 2. The molecule has 3 N–H and O–H groups in total. The van der Waals surface area contributed by atoms with Gasteiger partial charge >= 0.3 is 5.97 Å². The van der Waals surface area contributed by atoms with Crippen molar-refractivity contribution in [2.24, 2.45) is 11.1 Å². The zero-order valence-corrected chi connectivity index (χ0v) is 15.0. The van der Waals surface area contributed by atoms with Crippen molar-refractivity contribution in [2.75, 3.05) is 31.7 Å². The summed E-state index contributed by atoms with van der Waals surface area (Å²) in [4.78, 5) is 25.2. The van der Waals surface area contributed by atoms with E-state index in [2.05, 4.69) is 5.32 Å². The molecule has 1 fully saturated rings. The number of nitrogens with one attached hydrogen (secondary N) is 1. The van der Waals surface area contributed by atoms with Crippen LogP contribution >= 0.6 is 11.3 Å². The van der Waals surface area contributed by atoms with E-state index in [1.165, 1.54) is 11.3 Å². The molecule has 0 atom stereocenters. The van der Waals surface area contributed by atoms with E-state index in [-0.39, 0.29) is 11.9 Å². The Kier molecular flexibility index (Phi) is 5.36. The lowest BCUT2D eigenvalue weighted by atomic mass is 9.79. The monoisotopic (exact) mass is 362 g/mol. The predicted molar refractivity (Wildman–Crippen MR) is 98.0 cm³/mol. The molecular weight excluding hydrogens is 340 g/mol. The van der Waals surface area contributed by atoms with E-state index in [1.54, 1.807) is 13.0 Å². The van der Waals surface area contributed by atoms with Gasteiger partial charge in [-0.2, -0.15) is 0 Å². The van der Waals surface area contributed by atoms with E-state index >= 15 is 0 Å². The normalized spacial score (nSPS) is 16.6. The van der Waals surface area contributed by atoms with Crippen molar-refractivity contribution in [1.82, 2.24) is 0 Å². The van der Waals surface area contributed by atoms with Gasteiger partial charge in [-0.05, 0) is 49.4 Å². The van der Waals surface area contributed by atoms with E-state index < -0.39 is 5.41 Å². The summed E-state index contributed by atoms with van der Waals surface area (Å²) in [5.74, 6) is -0.392. The molecule has 1 aliphatic heterocycles. The van der Waals surface area contributed by atoms with Crippen LogP contribution in [0.3, 0.4) is 0 Å². The summed E-state index contributed by atoms with van der Waals surface area (Å²) in [7, 11) is 0. The highest BCUT2D eigenvalue weighted by Crippen LogP contribution is 2.32. The van der Waals surface area contributed by atoms with Crippen LogP contribution in [0.25, 0.3) is 10.1 Å². The quantitative estimate of drug-likeness (QED) is 0.798. The molecule has 6 nitrogen and oxygen atoms in total. The second kappa shape index (κ2) is 7.51. The first kappa shape index (κ1) is 17.8. The number of esters is 1. The molecule has 2 aromatic rings. The number of nitrogens with two attached hydrogens (primary N) is 1. The fraction of sp³-hybridized carbons (Fsp3) is 0.444. The molecule has 1 aromatic heterocycles. The third-order valence-corrected chi connectivity index (χ3v) is 5.67. The highest BCUT2D eigenvalue weighted by Gasteiger charge is 2.38. The molecule has 1 aromatic carbocycles. The molecule has 1 saturated heterocycles. The Balaban J connectivity index is 1.79. The number of carbonyl (C=O) groups excluding carboxylic acids is 2. The van der Waals surface area contributed by atoms with Crippen LogP contribution in [0.15, 0.2) is 24.3 Å². The van der Waals surface area contributed by atoms with Gasteiger partial charge in [0.1, 0.15) is 4.88 Å². The van der Waals surface area contributed by atoms with Crippen LogP contribution in [0.5, 0.6) is 0 Å². The smallest absolute Gasteiger partial charge is 0.348 e. The molecule has 1 amide bonds. The second-order valence-corrected chi connectivity index (χ2v) is 7.22. The molecule has 0 unspecified atom stereocenters. The Hall–Kier alpha value is -1.96. The molecule has 3 rings (SSSR count). The first-order chi connectivity index (χ1) is 12.1. The van der Waals surface area contributed by atoms with Crippen LogP contribution in [0, 0.1) is 5.41 Å². The molecule has 0 radical (unpaired) electrons. The number of benzene rings is 1. The first-order valence-electron chi connectivity index (χ1n) is 8.38. The minimum Gasteiger partial charge on any atom is -0.462 e. The van der Waals surface area contributed by atoms with E-state index in [1.807, 2.05) is 18.2 Å². The van der Waals surface area contributed by atoms with E-state index in [0.29, 0.717) is 49.8 Å². The van der Waals surface area contributed by atoms with Crippen LogP contribution in [-0.4, -0.2) is 38.2 Å². The predicted octanol–water partition coefficient (Wildman–Crippen LogP) is 2.77. The Bertz CT molecular complexity index is 780. The van der Waals surface area contributed by atoms with Gasteiger partial charge in [-0.15, -0.1) is 11.3 Å². The summed E-state index contributed by atoms with van der Waals surface area (Å²) in [5, 5.41) is 3.88. The lowest BCUT2D eigenvalue weighted by Crippen LogP contribution is -2.46. The molecule has 25 heavy (non-hydrogen) atoms. The number of fused-ring (bicyclic) bond motifs is 1. The van der Waals surface area contributed by atoms with Gasteiger partial charge in [0.05, 0.1) is 12.0 Å². The first-order valence-corrected chi connectivity index (χ1v) is 9.19. The molecule has 1 aliphatic rings. The standard InChI is InChI=1S/C18H22N2O4S/c1-2-24-16(21)15-10-12-9-13(3-4-14(12)25-15)20-17(22)18(11-19)5-7-23-8-6-18/h3-4,9-10H,2,5-8,11,19H2,1H3,(H,20,22). The van der Waals surface area contributed by atoms with Gasteiger partial charge in [0, 0.05) is 30.1 Å².